The fourth-order valence-corrected chi connectivity index (χ4v) is 1.82. The molecule has 1 atom stereocenters. The minimum absolute atomic E-state index is 0.0216. The number of morpholine rings is 1. The second kappa shape index (κ2) is 5.95. The lowest BCUT2D eigenvalue weighted by atomic mass is 10.2. The van der Waals surface area contributed by atoms with Crippen LogP contribution < -0.4 is 10.6 Å². The minimum atomic E-state index is -0.202. The molecule has 1 aromatic heterocycles. The lowest BCUT2D eigenvalue weighted by Gasteiger charge is -2.23. The van der Waals surface area contributed by atoms with Gasteiger partial charge in [0.15, 0.2) is 0 Å². The van der Waals surface area contributed by atoms with E-state index in [0.29, 0.717) is 23.7 Å². The summed E-state index contributed by atoms with van der Waals surface area (Å²) in [4.78, 5) is 15.6. The Labute approximate surface area is 105 Å². The lowest BCUT2D eigenvalue weighted by Crippen LogP contribution is -2.45. The zero-order valence-corrected chi connectivity index (χ0v) is 10.0. The van der Waals surface area contributed by atoms with E-state index in [1.165, 1.54) is 6.20 Å². The second-order valence-electron chi connectivity index (χ2n) is 3.76. The first-order chi connectivity index (χ1) is 8.27. The second-order valence-corrected chi connectivity index (χ2v) is 4.17. The summed E-state index contributed by atoms with van der Waals surface area (Å²) in [5.74, 6) is -0.202. The molecule has 2 heterocycles. The zero-order chi connectivity index (χ0) is 12.1. The van der Waals surface area contributed by atoms with Crippen molar-refractivity contribution in [3.63, 3.8) is 0 Å². The van der Waals surface area contributed by atoms with E-state index in [-0.39, 0.29) is 12.0 Å². The largest absolute Gasteiger partial charge is 0.374 e. The zero-order valence-electron chi connectivity index (χ0n) is 9.28. The molecule has 2 rings (SSSR count). The topological polar surface area (TPSA) is 63.2 Å². The molecule has 1 unspecified atom stereocenters. The fraction of sp³-hybridized carbons (Fsp3) is 0.455. The van der Waals surface area contributed by atoms with Gasteiger partial charge in [0.25, 0.3) is 5.91 Å². The number of amides is 1. The molecule has 0 aromatic carbocycles. The highest BCUT2D eigenvalue weighted by atomic mass is 35.5. The summed E-state index contributed by atoms with van der Waals surface area (Å²) in [5.41, 5.74) is 0.436. The number of rotatable bonds is 3. The average Bonchev–Trinajstić information content (AvgIpc) is 2.38. The highest BCUT2D eigenvalue weighted by Gasteiger charge is 2.15. The number of nitrogens with zero attached hydrogens (tertiary/aromatic N) is 1. The first-order valence-corrected chi connectivity index (χ1v) is 5.85. The van der Waals surface area contributed by atoms with E-state index in [1.807, 2.05) is 0 Å². The summed E-state index contributed by atoms with van der Waals surface area (Å²) in [5, 5.41) is 6.35. The van der Waals surface area contributed by atoms with Crippen LogP contribution in [0, 0.1) is 0 Å². The third-order valence-corrected chi connectivity index (χ3v) is 2.81. The molecule has 17 heavy (non-hydrogen) atoms. The van der Waals surface area contributed by atoms with E-state index in [2.05, 4.69) is 15.6 Å². The van der Waals surface area contributed by atoms with Crippen LogP contribution in [0.3, 0.4) is 0 Å². The summed E-state index contributed by atoms with van der Waals surface area (Å²) in [6.45, 7) is 2.77. The smallest absolute Gasteiger partial charge is 0.253 e. The summed E-state index contributed by atoms with van der Waals surface area (Å²) < 4.78 is 5.47. The van der Waals surface area contributed by atoms with Gasteiger partial charge < -0.3 is 15.4 Å². The van der Waals surface area contributed by atoms with Crippen molar-refractivity contribution in [3.8, 4) is 0 Å². The standard InChI is InChI=1S/C11H14ClN3O2/c12-10-7-13-2-1-9(10)11(16)15-6-8-5-14-3-4-17-8/h1-2,7-8,14H,3-6H2,(H,15,16). The first-order valence-electron chi connectivity index (χ1n) is 5.47. The van der Waals surface area contributed by atoms with Crippen molar-refractivity contribution in [1.82, 2.24) is 15.6 Å². The van der Waals surface area contributed by atoms with E-state index < -0.39 is 0 Å². The maximum Gasteiger partial charge on any atom is 0.253 e. The molecule has 0 radical (unpaired) electrons. The van der Waals surface area contributed by atoms with Crippen molar-refractivity contribution >= 4 is 17.5 Å². The van der Waals surface area contributed by atoms with E-state index in [4.69, 9.17) is 16.3 Å². The number of carbonyl (C=O) groups is 1. The van der Waals surface area contributed by atoms with Gasteiger partial charge in [-0.1, -0.05) is 11.6 Å². The Kier molecular flexibility index (Phi) is 4.30. The van der Waals surface area contributed by atoms with E-state index in [0.717, 1.165) is 13.1 Å². The Bertz CT molecular complexity index is 394. The van der Waals surface area contributed by atoms with Gasteiger partial charge in [-0.15, -0.1) is 0 Å². The quantitative estimate of drug-likeness (QED) is 0.824. The maximum atomic E-state index is 11.8. The molecule has 5 nitrogen and oxygen atoms in total. The van der Waals surface area contributed by atoms with Crippen LogP contribution >= 0.6 is 11.6 Å². The number of nitrogens with one attached hydrogen (secondary N) is 2. The normalized spacial score (nSPS) is 19.9. The van der Waals surface area contributed by atoms with Crippen molar-refractivity contribution in [3.05, 3.63) is 29.0 Å². The lowest BCUT2D eigenvalue weighted by molar-refractivity contribution is 0.0287. The SMILES string of the molecule is O=C(NCC1CNCCO1)c1ccncc1Cl. The fourth-order valence-electron chi connectivity index (χ4n) is 1.61. The predicted molar refractivity (Wildman–Crippen MR) is 64.2 cm³/mol. The summed E-state index contributed by atoms with van der Waals surface area (Å²) >= 11 is 5.87. The van der Waals surface area contributed by atoms with E-state index in [1.54, 1.807) is 12.3 Å². The number of hydrogen-bond donors (Lipinski definition) is 2. The van der Waals surface area contributed by atoms with Crippen LogP contribution in [0.25, 0.3) is 0 Å². The molecule has 1 amide bonds. The van der Waals surface area contributed by atoms with Crippen molar-refractivity contribution in [2.75, 3.05) is 26.2 Å². The van der Waals surface area contributed by atoms with Crippen LogP contribution in [0.1, 0.15) is 10.4 Å². The number of ether oxygens (including phenoxy) is 1. The van der Waals surface area contributed by atoms with Gasteiger partial charge in [0.1, 0.15) is 0 Å². The van der Waals surface area contributed by atoms with Crippen LogP contribution in [-0.4, -0.2) is 43.2 Å². The van der Waals surface area contributed by atoms with Gasteiger partial charge in [0.2, 0.25) is 0 Å². The first kappa shape index (κ1) is 12.3. The molecule has 2 N–H and O–H groups in total. The van der Waals surface area contributed by atoms with E-state index >= 15 is 0 Å². The van der Waals surface area contributed by atoms with Crippen LogP contribution in [0.5, 0.6) is 0 Å². The number of carbonyl (C=O) groups excluding carboxylic acids is 1. The Morgan fingerprint density at radius 2 is 2.59 bits per heavy atom. The summed E-state index contributed by atoms with van der Waals surface area (Å²) in [6.07, 6.45) is 3.02. The Balaban J connectivity index is 1.87. The maximum absolute atomic E-state index is 11.8. The Hall–Kier alpha value is -1.17. The molecule has 0 aliphatic carbocycles. The van der Waals surface area contributed by atoms with Crippen LogP contribution in [0.2, 0.25) is 5.02 Å². The van der Waals surface area contributed by atoms with Crippen LogP contribution in [-0.2, 0) is 4.74 Å². The third-order valence-electron chi connectivity index (χ3n) is 2.51. The van der Waals surface area contributed by atoms with Crippen LogP contribution in [0.15, 0.2) is 18.5 Å². The number of hydrogen-bond acceptors (Lipinski definition) is 4. The average molecular weight is 256 g/mol. The molecule has 1 aromatic rings. The highest BCUT2D eigenvalue weighted by molar-refractivity contribution is 6.33. The van der Waals surface area contributed by atoms with Gasteiger partial charge >= 0.3 is 0 Å². The van der Waals surface area contributed by atoms with Gasteiger partial charge in [-0.05, 0) is 6.07 Å². The third kappa shape index (κ3) is 3.39. The van der Waals surface area contributed by atoms with Crippen molar-refractivity contribution in [1.29, 1.82) is 0 Å². The van der Waals surface area contributed by atoms with Crippen molar-refractivity contribution < 1.29 is 9.53 Å². The van der Waals surface area contributed by atoms with Gasteiger partial charge in [0.05, 0.1) is 23.3 Å². The summed E-state index contributed by atoms with van der Waals surface area (Å²) in [6, 6.07) is 1.59. The van der Waals surface area contributed by atoms with E-state index in [9.17, 15) is 4.79 Å². The highest BCUT2D eigenvalue weighted by Crippen LogP contribution is 2.12. The van der Waals surface area contributed by atoms with Crippen molar-refractivity contribution in [2.24, 2.45) is 0 Å². The molecular formula is C11H14ClN3O2. The molecule has 6 heteroatoms. The van der Waals surface area contributed by atoms with Gasteiger partial charge in [-0.2, -0.15) is 0 Å². The molecule has 1 saturated heterocycles. The van der Waals surface area contributed by atoms with Gasteiger partial charge in [0, 0.05) is 32.0 Å². The number of halogens is 1. The minimum Gasteiger partial charge on any atom is -0.374 e. The van der Waals surface area contributed by atoms with Gasteiger partial charge in [-0.25, -0.2) is 0 Å². The number of pyridine rings is 1. The molecule has 1 aliphatic heterocycles. The molecule has 0 bridgehead atoms. The Morgan fingerprint density at radius 1 is 1.71 bits per heavy atom. The molecule has 0 spiro atoms. The van der Waals surface area contributed by atoms with Crippen LogP contribution in [0.4, 0.5) is 0 Å². The molecule has 0 saturated carbocycles. The molecular weight excluding hydrogens is 242 g/mol. The van der Waals surface area contributed by atoms with Gasteiger partial charge in [-0.3, -0.25) is 9.78 Å². The Morgan fingerprint density at radius 3 is 3.29 bits per heavy atom. The molecule has 1 aliphatic rings. The van der Waals surface area contributed by atoms with Crippen molar-refractivity contribution in [2.45, 2.75) is 6.10 Å². The monoisotopic (exact) mass is 255 g/mol. The molecule has 1 fully saturated rings. The number of aromatic nitrogens is 1. The molecule has 92 valence electrons. The summed E-state index contributed by atoms with van der Waals surface area (Å²) in [7, 11) is 0. The predicted octanol–water partition coefficient (Wildman–Crippen LogP) is 0.453.